The van der Waals surface area contributed by atoms with E-state index in [0.29, 0.717) is 0 Å². The Hall–Kier alpha value is -1.43. The van der Waals surface area contributed by atoms with E-state index in [4.69, 9.17) is 10.6 Å². The van der Waals surface area contributed by atoms with Crippen LogP contribution in [0, 0.1) is 19.7 Å². The molecule has 2 aromatic carbocycles. The summed E-state index contributed by atoms with van der Waals surface area (Å²) in [4.78, 5) is 0. The maximum Gasteiger partial charge on any atom is 0.165 e. The molecule has 3 N–H and O–H groups in total. The number of methoxy groups -OCH3 is 1. The third kappa shape index (κ3) is 3.26. The highest BCUT2D eigenvalue weighted by molar-refractivity contribution is 9.10. The van der Waals surface area contributed by atoms with Gasteiger partial charge in [0.25, 0.3) is 0 Å². The van der Waals surface area contributed by atoms with E-state index in [0.717, 1.165) is 26.7 Å². The van der Waals surface area contributed by atoms with Gasteiger partial charge in [0.1, 0.15) is 0 Å². The number of hydrogen-bond acceptors (Lipinski definition) is 3. The third-order valence-electron chi connectivity index (χ3n) is 3.47. The molecule has 1 atom stereocenters. The van der Waals surface area contributed by atoms with Crippen LogP contribution >= 0.6 is 15.9 Å². The van der Waals surface area contributed by atoms with Crippen molar-refractivity contribution in [2.75, 3.05) is 7.11 Å². The van der Waals surface area contributed by atoms with Crippen molar-refractivity contribution in [3.05, 3.63) is 62.9 Å². The molecule has 0 spiro atoms. The zero-order chi connectivity index (χ0) is 15.6. The summed E-state index contributed by atoms with van der Waals surface area (Å²) in [6.07, 6.45) is 0. The van der Waals surface area contributed by atoms with Crippen LogP contribution in [0.25, 0.3) is 0 Å². The van der Waals surface area contributed by atoms with Crippen LogP contribution in [0.1, 0.15) is 28.3 Å². The number of halogens is 2. The molecule has 0 radical (unpaired) electrons. The van der Waals surface area contributed by atoms with Gasteiger partial charge in [-0.3, -0.25) is 5.84 Å². The maximum atomic E-state index is 13.9. The highest BCUT2D eigenvalue weighted by Gasteiger charge is 2.16. The Labute approximate surface area is 132 Å². The van der Waals surface area contributed by atoms with E-state index in [-0.39, 0.29) is 11.8 Å². The zero-order valence-electron chi connectivity index (χ0n) is 12.2. The van der Waals surface area contributed by atoms with E-state index in [9.17, 15) is 4.39 Å². The first-order valence-electron chi connectivity index (χ1n) is 6.54. The molecular weight excluding hydrogens is 335 g/mol. The summed E-state index contributed by atoms with van der Waals surface area (Å²) in [5.74, 6) is 5.50. The topological polar surface area (TPSA) is 47.3 Å². The molecular formula is C16H18BrFN2O. The van der Waals surface area contributed by atoms with Crippen LogP contribution in [-0.4, -0.2) is 7.11 Å². The van der Waals surface area contributed by atoms with Crippen molar-refractivity contribution in [2.45, 2.75) is 19.9 Å². The van der Waals surface area contributed by atoms with E-state index in [1.54, 1.807) is 12.1 Å². The smallest absolute Gasteiger partial charge is 0.165 e. The summed E-state index contributed by atoms with van der Waals surface area (Å²) in [7, 11) is 1.44. The summed E-state index contributed by atoms with van der Waals surface area (Å²) in [6.45, 7) is 4.03. The number of hydrogen-bond donors (Lipinski definition) is 2. The van der Waals surface area contributed by atoms with Gasteiger partial charge in [0.05, 0.1) is 13.2 Å². The average Bonchev–Trinajstić information content (AvgIpc) is 2.45. The molecule has 0 heterocycles. The third-order valence-corrected chi connectivity index (χ3v) is 4.72. The van der Waals surface area contributed by atoms with Crippen LogP contribution in [-0.2, 0) is 0 Å². The highest BCUT2D eigenvalue weighted by Crippen LogP contribution is 2.30. The second kappa shape index (κ2) is 6.56. The molecule has 0 aliphatic carbocycles. The quantitative estimate of drug-likeness (QED) is 0.650. The lowest BCUT2D eigenvalue weighted by molar-refractivity contribution is 0.385. The lowest BCUT2D eigenvalue weighted by Crippen LogP contribution is -2.29. The van der Waals surface area contributed by atoms with E-state index < -0.39 is 5.82 Å². The number of nitrogens with one attached hydrogen (secondary N) is 1. The second-order valence-electron chi connectivity index (χ2n) is 4.96. The summed E-state index contributed by atoms with van der Waals surface area (Å²) in [5, 5.41) is 0. The number of hydrazine groups is 1. The summed E-state index contributed by atoms with van der Waals surface area (Å²) in [5.41, 5.74) is 6.70. The minimum Gasteiger partial charge on any atom is -0.494 e. The van der Waals surface area contributed by atoms with Crippen LogP contribution in [0.2, 0.25) is 0 Å². The van der Waals surface area contributed by atoms with Crippen LogP contribution in [0.4, 0.5) is 4.39 Å². The highest BCUT2D eigenvalue weighted by atomic mass is 79.9. The molecule has 0 aliphatic rings. The van der Waals surface area contributed by atoms with Crippen molar-refractivity contribution in [2.24, 2.45) is 5.84 Å². The Morgan fingerprint density at radius 1 is 1.14 bits per heavy atom. The maximum absolute atomic E-state index is 13.9. The summed E-state index contributed by atoms with van der Waals surface area (Å²) >= 11 is 3.54. The fraction of sp³-hybridized carbons (Fsp3) is 0.250. The molecule has 0 aromatic heterocycles. The van der Waals surface area contributed by atoms with Gasteiger partial charge in [-0.1, -0.05) is 34.1 Å². The van der Waals surface area contributed by atoms with E-state index in [2.05, 4.69) is 21.4 Å². The van der Waals surface area contributed by atoms with Gasteiger partial charge in [-0.2, -0.15) is 0 Å². The Morgan fingerprint density at radius 2 is 1.76 bits per heavy atom. The van der Waals surface area contributed by atoms with Crippen molar-refractivity contribution in [1.82, 2.24) is 5.43 Å². The van der Waals surface area contributed by atoms with Crippen molar-refractivity contribution < 1.29 is 9.13 Å². The number of ether oxygens (including phenoxy) is 1. The molecule has 0 saturated heterocycles. The van der Waals surface area contributed by atoms with Crippen molar-refractivity contribution in [3.63, 3.8) is 0 Å². The van der Waals surface area contributed by atoms with Crippen LogP contribution in [0.3, 0.4) is 0 Å². The normalized spacial score (nSPS) is 12.3. The largest absolute Gasteiger partial charge is 0.494 e. The van der Waals surface area contributed by atoms with Crippen LogP contribution < -0.4 is 16.0 Å². The van der Waals surface area contributed by atoms with E-state index in [1.807, 2.05) is 26.0 Å². The van der Waals surface area contributed by atoms with E-state index in [1.165, 1.54) is 13.2 Å². The van der Waals surface area contributed by atoms with E-state index >= 15 is 0 Å². The van der Waals surface area contributed by atoms with Gasteiger partial charge in [-0.15, -0.1) is 0 Å². The molecule has 2 rings (SSSR count). The van der Waals surface area contributed by atoms with Gasteiger partial charge in [-0.25, -0.2) is 9.82 Å². The van der Waals surface area contributed by atoms with Crippen LogP contribution in [0.15, 0.2) is 34.8 Å². The molecule has 0 amide bonds. The van der Waals surface area contributed by atoms with Crippen LogP contribution in [0.5, 0.6) is 5.75 Å². The number of rotatable bonds is 4. The molecule has 5 heteroatoms. The summed E-state index contributed by atoms with van der Waals surface area (Å²) in [6, 6.07) is 8.63. The number of nitrogens with two attached hydrogens (primary N) is 1. The van der Waals surface area contributed by atoms with Gasteiger partial charge in [0.2, 0.25) is 0 Å². The Bertz CT molecular complexity index is 638. The lowest BCUT2D eigenvalue weighted by Gasteiger charge is -2.19. The van der Waals surface area contributed by atoms with Gasteiger partial charge < -0.3 is 4.74 Å². The average molecular weight is 353 g/mol. The van der Waals surface area contributed by atoms with Gasteiger partial charge >= 0.3 is 0 Å². The second-order valence-corrected chi connectivity index (χ2v) is 5.76. The first kappa shape index (κ1) is 15.9. The molecule has 1 unspecified atom stereocenters. The minimum atomic E-state index is -0.402. The lowest BCUT2D eigenvalue weighted by atomic mass is 9.96. The monoisotopic (exact) mass is 352 g/mol. The predicted octanol–water partition coefficient (Wildman–Crippen LogP) is 3.77. The molecule has 0 saturated carbocycles. The standard InChI is InChI=1S/C16H18BrFN2O/c1-9-6-12(7-10(2)15(9)17)16(20-19)11-4-5-14(21-3)13(18)8-11/h4-8,16,20H,19H2,1-3H3. The van der Waals surface area contributed by atoms with Gasteiger partial charge in [0, 0.05) is 4.47 Å². The predicted molar refractivity (Wildman–Crippen MR) is 85.7 cm³/mol. The Balaban J connectivity index is 2.47. The first-order chi connectivity index (χ1) is 9.97. The Morgan fingerprint density at radius 3 is 2.24 bits per heavy atom. The van der Waals surface area contributed by atoms with Crippen molar-refractivity contribution in [1.29, 1.82) is 0 Å². The fourth-order valence-electron chi connectivity index (χ4n) is 2.39. The first-order valence-corrected chi connectivity index (χ1v) is 7.33. The Kier molecular flexibility index (Phi) is 4.98. The molecule has 0 aliphatic heterocycles. The fourth-order valence-corrected chi connectivity index (χ4v) is 2.62. The molecule has 2 aromatic rings. The van der Waals surface area contributed by atoms with Gasteiger partial charge in [-0.05, 0) is 48.2 Å². The molecule has 21 heavy (non-hydrogen) atoms. The van der Waals surface area contributed by atoms with Gasteiger partial charge in [0.15, 0.2) is 11.6 Å². The van der Waals surface area contributed by atoms with Crippen molar-refractivity contribution >= 4 is 15.9 Å². The number of benzene rings is 2. The molecule has 0 fully saturated rings. The molecule has 0 bridgehead atoms. The number of aryl methyl sites for hydroxylation is 2. The summed E-state index contributed by atoms with van der Waals surface area (Å²) < 4.78 is 19.9. The zero-order valence-corrected chi connectivity index (χ0v) is 13.8. The molecule has 112 valence electrons. The minimum absolute atomic E-state index is 0.220. The van der Waals surface area contributed by atoms with Crippen molar-refractivity contribution in [3.8, 4) is 5.75 Å². The SMILES string of the molecule is COc1ccc(C(NN)c2cc(C)c(Br)c(C)c2)cc1F. The molecule has 3 nitrogen and oxygen atoms in total.